The molecule has 0 saturated carbocycles. The van der Waals surface area contributed by atoms with Crippen molar-refractivity contribution in [1.29, 1.82) is 0 Å². The third kappa shape index (κ3) is 4.37. The first-order chi connectivity index (χ1) is 8.33. The summed E-state index contributed by atoms with van der Waals surface area (Å²) in [7, 11) is 0. The van der Waals surface area contributed by atoms with E-state index in [1.165, 1.54) is 0 Å². The lowest BCUT2D eigenvalue weighted by atomic mass is 10.2. The van der Waals surface area contributed by atoms with E-state index in [0.29, 0.717) is 18.8 Å². The molecule has 0 fully saturated rings. The van der Waals surface area contributed by atoms with Crippen LogP contribution in [-0.2, 0) is 16.0 Å². The molecule has 1 aromatic heterocycles. The van der Waals surface area contributed by atoms with Gasteiger partial charge in [0.1, 0.15) is 6.61 Å². The molecule has 0 aliphatic rings. The molecule has 0 aromatic carbocycles. The largest absolute Gasteiger partial charge is 0.458 e. The maximum absolute atomic E-state index is 11.7. The molecular formula is C12H21N3O3. The zero-order chi connectivity index (χ0) is 13.8. The number of carbonyl (C=O) groups is 1. The molecule has 102 valence electrons. The highest BCUT2D eigenvalue weighted by molar-refractivity contribution is 5.92. The SMILES string of the molecule is CCn1cc(N)c(C(=O)OCCOC(C)(C)C)n1. The van der Waals surface area contributed by atoms with Gasteiger partial charge in [0.05, 0.1) is 17.9 Å². The van der Waals surface area contributed by atoms with Crippen LogP contribution >= 0.6 is 0 Å². The van der Waals surface area contributed by atoms with Crippen LogP contribution in [0.2, 0.25) is 0 Å². The van der Waals surface area contributed by atoms with E-state index in [-0.39, 0.29) is 17.9 Å². The Hall–Kier alpha value is -1.56. The molecule has 0 radical (unpaired) electrons. The molecule has 18 heavy (non-hydrogen) atoms. The number of ether oxygens (including phenoxy) is 2. The average Bonchev–Trinajstić information content (AvgIpc) is 2.64. The van der Waals surface area contributed by atoms with E-state index < -0.39 is 5.97 Å². The highest BCUT2D eigenvalue weighted by Crippen LogP contribution is 2.11. The first-order valence-corrected chi connectivity index (χ1v) is 5.97. The summed E-state index contributed by atoms with van der Waals surface area (Å²) in [4.78, 5) is 11.7. The van der Waals surface area contributed by atoms with Gasteiger partial charge in [-0.2, -0.15) is 5.10 Å². The lowest BCUT2D eigenvalue weighted by molar-refractivity contribution is -0.0283. The second-order valence-corrected chi connectivity index (χ2v) is 4.89. The van der Waals surface area contributed by atoms with Crippen molar-refractivity contribution in [3.63, 3.8) is 0 Å². The Morgan fingerprint density at radius 3 is 2.61 bits per heavy atom. The number of aryl methyl sites for hydroxylation is 1. The molecule has 0 aliphatic heterocycles. The van der Waals surface area contributed by atoms with Gasteiger partial charge in [0, 0.05) is 12.7 Å². The fourth-order valence-electron chi connectivity index (χ4n) is 1.31. The minimum atomic E-state index is -0.516. The molecule has 0 aliphatic carbocycles. The van der Waals surface area contributed by atoms with Gasteiger partial charge in [-0.15, -0.1) is 0 Å². The Morgan fingerprint density at radius 1 is 1.44 bits per heavy atom. The van der Waals surface area contributed by atoms with Crippen LogP contribution < -0.4 is 5.73 Å². The topological polar surface area (TPSA) is 79.4 Å². The summed E-state index contributed by atoms with van der Waals surface area (Å²) >= 11 is 0. The highest BCUT2D eigenvalue weighted by Gasteiger charge is 2.16. The number of aromatic nitrogens is 2. The molecule has 0 saturated heterocycles. The predicted molar refractivity (Wildman–Crippen MR) is 68.3 cm³/mol. The Balaban J connectivity index is 2.43. The van der Waals surface area contributed by atoms with Crippen LogP contribution in [-0.4, -0.2) is 34.6 Å². The first kappa shape index (κ1) is 14.5. The molecule has 1 aromatic rings. The number of nitrogens with two attached hydrogens (primary N) is 1. The van der Waals surface area contributed by atoms with Crippen molar-refractivity contribution >= 4 is 11.7 Å². The number of hydrogen-bond donors (Lipinski definition) is 1. The molecule has 0 amide bonds. The summed E-state index contributed by atoms with van der Waals surface area (Å²) in [5.74, 6) is -0.516. The number of rotatable bonds is 5. The van der Waals surface area contributed by atoms with Crippen molar-refractivity contribution < 1.29 is 14.3 Å². The number of nitrogen functional groups attached to an aromatic ring is 1. The molecule has 1 rings (SSSR count). The molecule has 0 spiro atoms. The Kier molecular flexibility index (Phi) is 4.72. The molecular weight excluding hydrogens is 234 g/mol. The number of anilines is 1. The third-order valence-corrected chi connectivity index (χ3v) is 2.16. The summed E-state index contributed by atoms with van der Waals surface area (Å²) < 4.78 is 12.1. The maximum atomic E-state index is 11.7. The summed E-state index contributed by atoms with van der Waals surface area (Å²) in [6.07, 6.45) is 1.61. The quantitative estimate of drug-likeness (QED) is 0.636. The van der Waals surface area contributed by atoms with Crippen molar-refractivity contribution in [1.82, 2.24) is 9.78 Å². The lowest BCUT2D eigenvalue weighted by Crippen LogP contribution is -2.23. The number of carbonyl (C=O) groups excluding carboxylic acids is 1. The smallest absolute Gasteiger partial charge is 0.361 e. The van der Waals surface area contributed by atoms with Gasteiger partial charge in [-0.25, -0.2) is 4.79 Å². The minimum Gasteiger partial charge on any atom is -0.458 e. The van der Waals surface area contributed by atoms with E-state index in [0.717, 1.165) is 0 Å². The first-order valence-electron chi connectivity index (χ1n) is 5.97. The van der Waals surface area contributed by atoms with E-state index in [4.69, 9.17) is 15.2 Å². The van der Waals surface area contributed by atoms with Crippen LogP contribution in [0, 0.1) is 0 Å². The van der Waals surface area contributed by atoms with Gasteiger partial charge in [-0.05, 0) is 27.7 Å². The lowest BCUT2D eigenvalue weighted by Gasteiger charge is -2.19. The highest BCUT2D eigenvalue weighted by atomic mass is 16.6. The van der Waals surface area contributed by atoms with E-state index in [2.05, 4.69) is 5.10 Å². The minimum absolute atomic E-state index is 0.160. The monoisotopic (exact) mass is 255 g/mol. The second-order valence-electron chi connectivity index (χ2n) is 4.89. The summed E-state index contributed by atoms with van der Waals surface area (Å²) in [5, 5.41) is 4.03. The van der Waals surface area contributed by atoms with Gasteiger partial charge >= 0.3 is 5.97 Å². The number of esters is 1. The summed E-state index contributed by atoms with van der Waals surface area (Å²) in [5.41, 5.74) is 5.93. The van der Waals surface area contributed by atoms with Crippen LogP contribution in [0.4, 0.5) is 5.69 Å². The number of nitrogens with zero attached hydrogens (tertiary/aromatic N) is 2. The van der Waals surface area contributed by atoms with Crippen LogP contribution in [0.5, 0.6) is 0 Å². The van der Waals surface area contributed by atoms with E-state index >= 15 is 0 Å². The standard InChI is InChI=1S/C12H21N3O3/c1-5-15-8-9(13)10(14-15)11(16)17-6-7-18-12(2,3)4/h8H,5-7,13H2,1-4H3. The third-order valence-electron chi connectivity index (χ3n) is 2.16. The van der Waals surface area contributed by atoms with Crippen LogP contribution in [0.25, 0.3) is 0 Å². The Morgan fingerprint density at radius 2 is 2.11 bits per heavy atom. The average molecular weight is 255 g/mol. The Bertz CT molecular complexity index is 407. The fraction of sp³-hybridized carbons (Fsp3) is 0.667. The van der Waals surface area contributed by atoms with Crippen molar-refractivity contribution in [3.05, 3.63) is 11.9 Å². The normalized spacial score (nSPS) is 11.6. The second kappa shape index (κ2) is 5.86. The van der Waals surface area contributed by atoms with Crippen LogP contribution in [0.15, 0.2) is 6.20 Å². The molecule has 6 nitrogen and oxygen atoms in total. The fourth-order valence-corrected chi connectivity index (χ4v) is 1.31. The van der Waals surface area contributed by atoms with Crippen molar-refractivity contribution in [3.8, 4) is 0 Å². The van der Waals surface area contributed by atoms with Crippen molar-refractivity contribution in [2.45, 2.75) is 39.8 Å². The molecule has 0 unspecified atom stereocenters. The van der Waals surface area contributed by atoms with Gasteiger partial charge in [0.2, 0.25) is 0 Å². The van der Waals surface area contributed by atoms with E-state index in [9.17, 15) is 4.79 Å². The van der Waals surface area contributed by atoms with Crippen molar-refractivity contribution in [2.75, 3.05) is 18.9 Å². The Labute approximate surface area is 107 Å². The van der Waals surface area contributed by atoms with Crippen LogP contribution in [0.1, 0.15) is 38.2 Å². The molecule has 1 heterocycles. The predicted octanol–water partition coefficient (Wildman–Crippen LogP) is 1.46. The summed E-state index contributed by atoms with van der Waals surface area (Å²) in [6, 6.07) is 0. The van der Waals surface area contributed by atoms with Crippen LogP contribution in [0.3, 0.4) is 0 Å². The van der Waals surface area contributed by atoms with Gasteiger partial charge in [-0.3, -0.25) is 4.68 Å². The summed E-state index contributed by atoms with van der Waals surface area (Å²) in [6.45, 7) is 8.93. The molecule has 6 heteroatoms. The zero-order valence-electron chi connectivity index (χ0n) is 11.4. The molecule has 0 atom stereocenters. The van der Waals surface area contributed by atoms with E-state index in [1.54, 1.807) is 10.9 Å². The van der Waals surface area contributed by atoms with E-state index in [1.807, 2.05) is 27.7 Å². The molecule has 0 bridgehead atoms. The number of hydrogen-bond acceptors (Lipinski definition) is 5. The van der Waals surface area contributed by atoms with Gasteiger partial charge in [0.15, 0.2) is 5.69 Å². The van der Waals surface area contributed by atoms with Crippen molar-refractivity contribution in [2.24, 2.45) is 0 Å². The zero-order valence-corrected chi connectivity index (χ0v) is 11.4. The van der Waals surface area contributed by atoms with Gasteiger partial charge < -0.3 is 15.2 Å². The maximum Gasteiger partial charge on any atom is 0.361 e. The van der Waals surface area contributed by atoms with Gasteiger partial charge in [-0.1, -0.05) is 0 Å². The van der Waals surface area contributed by atoms with Gasteiger partial charge in [0.25, 0.3) is 0 Å². The molecule has 2 N–H and O–H groups in total.